The number of carboxylic acid groups (broad SMARTS) is 1. The number of Topliss-reactive ketones (excluding diaryl/α,β-unsaturated/α-hetero) is 2. The van der Waals surface area contributed by atoms with Crippen molar-refractivity contribution in [3.63, 3.8) is 0 Å². The third-order valence-corrected chi connectivity index (χ3v) is 4.37. The Labute approximate surface area is 151 Å². The second kappa shape index (κ2) is 6.56. The Balaban J connectivity index is 1.90. The largest absolute Gasteiger partial charge is 0.481 e. The minimum Gasteiger partial charge on any atom is -0.481 e. The number of hydrogen-bond donors (Lipinski definition) is 1. The molecule has 0 radical (unpaired) electrons. The topological polar surface area (TPSA) is 80.7 Å². The number of allylic oxidation sites excluding steroid dienone is 1. The van der Waals surface area contributed by atoms with Crippen molar-refractivity contribution in [2.75, 3.05) is 6.61 Å². The first-order valence-corrected chi connectivity index (χ1v) is 8.09. The lowest BCUT2D eigenvalue weighted by Crippen LogP contribution is -2.10. The molecule has 0 saturated heterocycles. The summed E-state index contributed by atoms with van der Waals surface area (Å²) in [6, 6.07) is 11.8. The van der Waals surface area contributed by atoms with E-state index in [4.69, 9.17) is 9.84 Å². The number of carboxylic acids is 1. The number of ketones is 2. The lowest BCUT2D eigenvalue weighted by Gasteiger charge is -2.06. The molecule has 0 unspecified atom stereocenters. The summed E-state index contributed by atoms with van der Waals surface area (Å²) < 4.78 is 5.85. The van der Waals surface area contributed by atoms with Gasteiger partial charge >= 0.3 is 5.97 Å². The number of ether oxygens (including phenoxy) is 1. The van der Waals surface area contributed by atoms with Crippen LogP contribution in [0.4, 0.5) is 0 Å². The zero-order chi connectivity index (χ0) is 17.3. The van der Waals surface area contributed by atoms with Crippen molar-refractivity contribution in [2.24, 2.45) is 0 Å². The molecular weight excluding hydrogens is 423 g/mol. The van der Waals surface area contributed by atoms with Crippen molar-refractivity contribution >= 4 is 46.2 Å². The molecule has 2 aromatic carbocycles. The van der Waals surface area contributed by atoms with Gasteiger partial charge in [-0.3, -0.25) is 9.59 Å². The maximum Gasteiger partial charge on any atom is 0.341 e. The maximum atomic E-state index is 12.4. The number of benzene rings is 2. The van der Waals surface area contributed by atoms with Gasteiger partial charge in [0.15, 0.2) is 18.2 Å². The van der Waals surface area contributed by atoms with Crippen LogP contribution in [0.15, 0.2) is 48.0 Å². The van der Waals surface area contributed by atoms with Gasteiger partial charge in [-0.05, 0) is 46.4 Å². The summed E-state index contributed by atoms with van der Waals surface area (Å²) in [4.78, 5) is 35.3. The Morgan fingerprint density at radius 2 is 1.71 bits per heavy atom. The van der Waals surface area contributed by atoms with E-state index in [1.165, 1.54) is 0 Å². The van der Waals surface area contributed by atoms with Gasteiger partial charge < -0.3 is 9.84 Å². The average molecular weight is 434 g/mol. The molecule has 0 spiro atoms. The van der Waals surface area contributed by atoms with Gasteiger partial charge in [-0.15, -0.1) is 0 Å². The van der Waals surface area contributed by atoms with Crippen LogP contribution in [-0.4, -0.2) is 29.2 Å². The summed E-state index contributed by atoms with van der Waals surface area (Å²) in [5.74, 6) is -1.18. The Hall–Kier alpha value is -2.48. The van der Waals surface area contributed by atoms with E-state index in [0.29, 0.717) is 26.0 Å². The second-order valence-electron chi connectivity index (χ2n) is 5.13. The van der Waals surface area contributed by atoms with Crippen LogP contribution in [0.3, 0.4) is 0 Å². The number of carbonyl (C=O) groups is 3. The summed E-state index contributed by atoms with van der Waals surface area (Å²) in [5, 5.41) is 8.64. The van der Waals surface area contributed by atoms with Crippen LogP contribution in [0, 0.1) is 3.57 Å². The van der Waals surface area contributed by atoms with E-state index < -0.39 is 12.6 Å². The normalized spacial score (nSPS) is 13.0. The number of halogens is 1. The molecule has 1 aliphatic rings. The van der Waals surface area contributed by atoms with Crippen LogP contribution in [0.1, 0.15) is 26.3 Å². The van der Waals surface area contributed by atoms with Gasteiger partial charge in [0.25, 0.3) is 0 Å². The zero-order valence-electron chi connectivity index (χ0n) is 12.3. The molecule has 0 amide bonds. The SMILES string of the molecule is O=C(O)COc1ccc(C=C2C(=O)c3ccccc3C2=O)cc1I. The average Bonchev–Trinajstić information content (AvgIpc) is 2.79. The number of hydrogen-bond acceptors (Lipinski definition) is 4. The van der Waals surface area contributed by atoms with E-state index in [1.807, 2.05) is 22.6 Å². The summed E-state index contributed by atoms with van der Waals surface area (Å²) in [7, 11) is 0. The molecule has 1 aliphatic carbocycles. The van der Waals surface area contributed by atoms with Crippen LogP contribution in [-0.2, 0) is 4.79 Å². The first-order chi connectivity index (χ1) is 11.5. The van der Waals surface area contributed by atoms with Gasteiger partial charge in [0.05, 0.1) is 9.14 Å². The highest BCUT2D eigenvalue weighted by Gasteiger charge is 2.32. The van der Waals surface area contributed by atoms with Gasteiger partial charge in [-0.1, -0.05) is 30.3 Å². The molecule has 120 valence electrons. The van der Waals surface area contributed by atoms with Crippen LogP contribution >= 0.6 is 22.6 Å². The fourth-order valence-corrected chi connectivity index (χ4v) is 3.13. The predicted octanol–water partition coefficient (Wildman–Crippen LogP) is 3.22. The third kappa shape index (κ3) is 3.09. The number of carbonyl (C=O) groups excluding carboxylic acids is 2. The minimum atomic E-state index is -1.06. The molecule has 5 nitrogen and oxygen atoms in total. The van der Waals surface area contributed by atoms with E-state index in [-0.39, 0.29) is 17.1 Å². The Morgan fingerprint density at radius 1 is 1.08 bits per heavy atom. The van der Waals surface area contributed by atoms with Gasteiger partial charge in [0.1, 0.15) is 5.75 Å². The molecule has 0 fully saturated rings. The van der Waals surface area contributed by atoms with Crippen molar-refractivity contribution in [1.29, 1.82) is 0 Å². The monoisotopic (exact) mass is 434 g/mol. The number of fused-ring (bicyclic) bond motifs is 1. The van der Waals surface area contributed by atoms with E-state index in [1.54, 1.807) is 48.5 Å². The standard InChI is InChI=1S/C18H11IO5/c19-14-8-10(5-6-15(14)24-9-16(20)21)7-13-17(22)11-3-1-2-4-12(11)18(13)23/h1-8H,9H2,(H,20,21). The van der Waals surface area contributed by atoms with Crippen molar-refractivity contribution in [3.05, 3.63) is 68.3 Å². The Kier molecular flexibility index (Phi) is 4.48. The summed E-state index contributed by atoms with van der Waals surface area (Å²) >= 11 is 2.01. The van der Waals surface area contributed by atoms with Crippen molar-refractivity contribution in [2.45, 2.75) is 0 Å². The predicted molar refractivity (Wildman–Crippen MR) is 95.4 cm³/mol. The molecule has 24 heavy (non-hydrogen) atoms. The molecule has 0 heterocycles. The fraction of sp³-hybridized carbons (Fsp3) is 0.0556. The van der Waals surface area contributed by atoms with E-state index in [0.717, 1.165) is 0 Å². The Bertz CT molecular complexity index is 861. The zero-order valence-corrected chi connectivity index (χ0v) is 14.4. The summed E-state index contributed by atoms with van der Waals surface area (Å²) in [5.41, 5.74) is 1.65. The molecule has 0 aromatic heterocycles. The summed E-state index contributed by atoms with van der Waals surface area (Å²) in [6.07, 6.45) is 1.55. The first kappa shape index (κ1) is 16.4. The minimum absolute atomic E-state index is 0.131. The molecule has 6 heteroatoms. The molecule has 2 aromatic rings. The molecular formula is C18H11IO5. The van der Waals surface area contributed by atoms with Crippen LogP contribution < -0.4 is 4.74 Å². The quantitative estimate of drug-likeness (QED) is 0.454. The summed E-state index contributed by atoms with van der Waals surface area (Å²) in [6.45, 7) is -0.428. The van der Waals surface area contributed by atoms with Crippen LogP contribution in [0.2, 0.25) is 0 Å². The molecule has 0 atom stereocenters. The molecule has 0 aliphatic heterocycles. The van der Waals surface area contributed by atoms with Crippen molar-refractivity contribution in [1.82, 2.24) is 0 Å². The highest BCUT2D eigenvalue weighted by molar-refractivity contribution is 14.1. The smallest absolute Gasteiger partial charge is 0.341 e. The van der Waals surface area contributed by atoms with Crippen molar-refractivity contribution in [3.8, 4) is 5.75 Å². The number of aliphatic carboxylic acids is 1. The van der Waals surface area contributed by atoms with Gasteiger partial charge in [0, 0.05) is 11.1 Å². The Morgan fingerprint density at radius 3 is 2.25 bits per heavy atom. The highest BCUT2D eigenvalue weighted by atomic mass is 127. The van der Waals surface area contributed by atoms with Crippen LogP contribution in [0.5, 0.6) is 5.75 Å². The highest BCUT2D eigenvalue weighted by Crippen LogP contribution is 2.29. The maximum absolute atomic E-state index is 12.4. The van der Waals surface area contributed by atoms with Crippen LogP contribution in [0.25, 0.3) is 6.08 Å². The molecule has 0 saturated carbocycles. The molecule has 0 bridgehead atoms. The second-order valence-corrected chi connectivity index (χ2v) is 6.30. The lowest BCUT2D eigenvalue weighted by molar-refractivity contribution is -0.139. The molecule has 3 rings (SSSR count). The van der Waals surface area contributed by atoms with Gasteiger partial charge in [-0.2, -0.15) is 0 Å². The molecule has 1 N–H and O–H groups in total. The lowest BCUT2D eigenvalue weighted by atomic mass is 10.1. The van der Waals surface area contributed by atoms with E-state index in [9.17, 15) is 14.4 Å². The third-order valence-electron chi connectivity index (χ3n) is 3.52. The number of rotatable bonds is 4. The van der Waals surface area contributed by atoms with Crippen molar-refractivity contribution < 1.29 is 24.2 Å². The van der Waals surface area contributed by atoms with Gasteiger partial charge in [0.2, 0.25) is 0 Å². The van der Waals surface area contributed by atoms with E-state index in [2.05, 4.69) is 0 Å². The van der Waals surface area contributed by atoms with E-state index >= 15 is 0 Å². The van der Waals surface area contributed by atoms with Gasteiger partial charge in [-0.25, -0.2) is 4.79 Å². The fourth-order valence-electron chi connectivity index (χ4n) is 2.43. The first-order valence-electron chi connectivity index (χ1n) is 7.01.